The molecule has 12 nitrogen and oxygen atoms in total. The molecule has 0 aromatic heterocycles. The van der Waals surface area contributed by atoms with Crippen LogP contribution in [0.25, 0.3) is 0 Å². The zero-order valence-electron chi connectivity index (χ0n) is 24.4. The predicted octanol–water partition coefficient (Wildman–Crippen LogP) is 0.745. The summed E-state index contributed by atoms with van der Waals surface area (Å²) in [4.78, 5) is 12.6. The highest BCUT2D eigenvalue weighted by Crippen LogP contribution is 2.38. The molecule has 7 N–H and O–H groups in total. The van der Waals surface area contributed by atoms with Crippen molar-refractivity contribution in [1.29, 1.82) is 0 Å². The van der Waals surface area contributed by atoms with E-state index in [1.807, 2.05) is 0 Å². The lowest BCUT2D eigenvalue weighted by molar-refractivity contribution is -0.383. The van der Waals surface area contributed by atoms with Crippen LogP contribution in [0.2, 0.25) is 0 Å². The van der Waals surface area contributed by atoms with Crippen LogP contribution in [-0.2, 0) is 23.7 Å². The van der Waals surface area contributed by atoms with Crippen LogP contribution >= 0.6 is 0 Å². The average molecular weight is 603 g/mol. The van der Waals surface area contributed by atoms with E-state index in [4.69, 9.17) is 18.9 Å². The van der Waals surface area contributed by atoms with E-state index in [-0.39, 0.29) is 6.42 Å². The summed E-state index contributed by atoms with van der Waals surface area (Å²) in [5.74, 6) is -2.94. The standard InChI is InChI=1S/C30H50O12/c1-2-3-4-5-6-7-8-9-10-11-12-13-14-15-16-17-23(34)40-28-25(36)22(19-32)41-30(28,20-33)42-29-27(38)26(37)24(35)21(18-31)39-29/h3-4,6-7,9-10,21-22,24-29,31-33,35-38H,2,5,8,11-20H2,1H3/b4-3-,7-6-,10-9-/t21-,22-,24-,25-,26+,27-,28+,29-,30+/m1/s1. The molecule has 0 aliphatic carbocycles. The normalized spacial score (nSPS) is 33.8. The van der Waals surface area contributed by atoms with Gasteiger partial charge in [-0.3, -0.25) is 4.79 Å². The van der Waals surface area contributed by atoms with Crippen molar-refractivity contribution in [1.82, 2.24) is 0 Å². The second-order valence-electron chi connectivity index (χ2n) is 10.6. The second-order valence-corrected chi connectivity index (χ2v) is 10.6. The number of aliphatic hydroxyl groups excluding tert-OH is 7. The molecule has 42 heavy (non-hydrogen) atoms. The van der Waals surface area contributed by atoms with Gasteiger partial charge in [0.05, 0.1) is 13.2 Å². The fourth-order valence-electron chi connectivity index (χ4n) is 4.86. The number of esters is 1. The molecule has 2 rings (SSSR count). The fourth-order valence-corrected chi connectivity index (χ4v) is 4.86. The summed E-state index contributed by atoms with van der Waals surface area (Å²) in [5.41, 5.74) is 0. The molecule has 0 spiro atoms. The van der Waals surface area contributed by atoms with Gasteiger partial charge < -0.3 is 54.7 Å². The smallest absolute Gasteiger partial charge is 0.306 e. The highest BCUT2D eigenvalue weighted by atomic mass is 16.8. The third-order valence-electron chi connectivity index (χ3n) is 7.33. The van der Waals surface area contributed by atoms with Gasteiger partial charge in [0.1, 0.15) is 43.2 Å². The number of unbranched alkanes of at least 4 members (excludes halogenated alkanes) is 5. The van der Waals surface area contributed by atoms with Gasteiger partial charge in [-0.1, -0.05) is 62.6 Å². The molecule has 0 bridgehead atoms. The zero-order chi connectivity index (χ0) is 31.0. The minimum Gasteiger partial charge on any atom is -0.454 e. The van der Waals surface area contributed by atoms with E-state index >= 15 is 0 Å². The van der Waals surface area contributed by atoms with Crippen LogP contribution in [0.4, 0.5) is 0 Å². The molecule has 0 aromatic carbocycles. The van der Waals surface area contributed by atoms with Crippen molar-refractivity contribution in [2.24, 2.45) is 0 Å². The Bertz CT molecular complexity index is 846. The number of carbonyl (C=O) groups is 1. The summed E-state index contributed by atoms with van der Waals surface area (Å²) < 4.78 is 21.9. The second kappa shape index (κ2) is 19.5. The van der Waals surface area contributed by atoms with Crippen molar-refractivity contribution in [3.8, 4) is 0 Å². The van der Waals surface area contributed by atoms with Gasteiger partial charge >= 0.3 is 5.97 Å². The van der Waals surface area contributed by atoms with Crippen molar-refractivity contribution < 1.29 is 59.5 Å². The van der Waals surface area contributed by atoms with E-state index in [1.165, 1.54) is 0 Å². The first kappa shape index (κ1) is 36.5. The molecule has 2 aliphatic heterocycles. The molecule has 2 heterocycles. The number of ether oxygens (including phenoxy) is 4. The van der Waals surface area contributed by atoms with Crippen molar-refractivity contribution in [3.05, 3.63) is 36.5 Å². The SMILES string of the molecule is CC/C=C\C/C=C\C/C=C\CCCCCCCC(=O)O[C@H]1[C@H](O)[C@@H](CO)O[C@@]1(CO)O[C@H]1O[C@H](CO)[C@@H](O)[C@H](O)[C@H]1O. The monoisotopic (exact) mass is 602 g/mol. The van der Waals surface area contributed by atoms with Crippen molar-refractivity contribution in [2.45, 2.75) is 126 Å². The maximum atomic E-state index is 12.6. The molecule has 0 saturated carbocycles. The van der Waals surface area contributed by atoms with Gasteiger partial charge in [0.2, 0.25) is 5.79 Å². The lowest BCUT2D eigenvalue weighted by Gasteiger charge is -2.43. The lowest BCUT2D eigenvalue weighted by atomic mass is 9.99. The Labute approximate surface area is 247 Å². The summed E-state index contributed by atoms with van der Waals surface area (Å²) >= 11 is 0. The van der Waals surface area contributed by atoms with Gasteiger partial charge in [-0.25, -0.2) is 0 Å². The van der Waals surface area contributed by atoms with E-state index in [2.05, 4.69) is 43.4 Å². The van der Waals surface area contributed by atoms with Crippen LogP contribution in [0, 0.1) is 0 Å². The van der Waals surface area contributed by atoms with E-state index in [1.54, 1.807) is 0 Å². The van der Waals surface area contributed by atoms with Gasteiger partial charge in [0, 0.05) is 6.42 Å². The van der Waals surface area contributed by atoms with Gasteiger partial charge in [-0.2, -0.15) is 0 Å². The molecule has 2 aliphatic rings. The van der Waals surface area contributed by atoms with Gasteiger partial charge in [0.25, 0.3) is 0 Å². The third-order valence-corrected chi connectivity index (χ3v) is 7.33. The summed E-state index contributed by atoms with van der Waals surface area (Å²) in [6.07, 6.45) is 8.49. The number of rotatable bonds is 19. The molecular weight excluding hydrogens is 552 g/mol. The molecule has 0 radical (unpaired) electrons. The molecule has 0 unspecified atom stereocenters. The molecular formula is C30H50O12. The molecule has 242 valence electrons. The highest BCUT2D eigenvalue weighted by Gasteiger charge is 2.60. The average Bonchev–Trinajstić information content (AvgIpc) is 3.25. The van der Waals surface area contributed by atoms with Crippen LogP contribution in [0.15, 0.2) is 36.5 Å². The van der Waals surface area contributed by atoms with E-state index in [0.29, 0.717) is 6.42 Å². The number of aliphatic hydroxyl groups is 7. The Kier molecular flexibility index (Phi) is 17.0. The van der Waals surface area contributed by atoms with Crippen LogP contribution in [-0.4, -0.2) is 116 Å². The zero-order valence-corrected chi connectivity index (χ0v) is 24.4. The molecule has 0 amide bonds. The van der Waals surface area contributed by atoms with Crippen molar-refractivity contribution in [2.75, 3.05) is 19.8 Å². The first-order valence-corrected chi connectivity index (χ1v) is 14.9. The molecule has 2 fully saturated rings. The number of allylic oxidation sites excluding steroid dienone is 6. The quantitative estimate of drug-likeness (QED) is 0.0623. The van der Waals surface area contributed by atoms with E-state index < -0.39 is 80.6 Å². The predicted molar refractivity (Wildman–Crippen MR) is 152 cm³/mol. The topological polar surface area (TPSA) is 196 Å². The maximum Gasteiger partial charge on any atom is 0.306 e. The van der Waals surface area contributed by atoms with E-state index in [9.17, 15) is 40.5 Å². The van der Waals surface area contributed by atoms with E-state index in [0.717, 1.165) is 51.4 Å². The van der Waals surface area contributed by atoms with Crippen molar-refractivity contribution in [3.63, 3.8) is 0 Å². The molecule has 9 atom stereocenters. The first-order valence-electron chi connectivity index (χ1n) is 14.9. The minimum atomic E-state index is -2.26. The van der Waals surface area contributed by atoms with Crippen LogP contribution in [0.5, 0.6) is 0 Å². The molecule has 0 aromatic rings. The summed E-state index contributed by atoms with van der Waals surface area (Å²) in [5, 5.41) is 70.3. The lowest BCUT2D eigenvalue weighted by Crippen LogP contribution is -2.63. The Morgan fingerprint density at radius 1 is 0.762 bits per heavy atom. The van der Waals surface area contributed by atoms with Gasteiger partial charge in [-0.05, 0) is 38.5 Å². The fraction of sp³-hybridized carbons (Fsp3) is 0.767. The first-order chi connectivity index (χ1) is 20.2. The van der Waals surface area contributed by atoms with Crippen LogP contribution in [0.1, 0.15) is 71.1 Å². The third kappa shape index (κ3) is 10.8. The number of hydrogen-bond acceptors (Lipinski definition) is 12. The summed E-state index contributed by atoms with van der Waals surface area (Å²) in [7, 11) is 0. The Balaban J connectivity index is 1.79. The number of carbonyl (C=O) groups excluding carboxylic acids is 1. The van der Waals surface area contributed by atoms with Gasteiger partial charge in [-0.15, -0.1) is 0 Å². The summed E-state index contributed by atoms with van der Waals surface area (Å²) in [6, 6.07) is 0. The Morgan fingerprint density at radius 3 is 2.02 bits per heavy atom. The summed E-state index contributed by atoms with van der Waals surface area (Å²) in [6.45, 7) is -0.278. The van der Waals surface area contributed by atoms with Gasteiger partial charge in [0.15, 0.2) is 12.4 Å². The van der Waals surface area contributed by atoms with Crippen molar-refractivity contribution >= 4 is 5.97 Å². The Morgan fingerprint density at radius 2 is 1.38 bits per heavy atom. The Hall–Kier alpha value is -1.71. The molecule has 12 heteroatoms. The maximum absolute atomic E-state index is 12.6. The number of hydrogen-bond donors (Lipinski definition) is 7. The van der Waals surface area contributed by atoms with Crippen LogP contribution < -0.4 is 0 Å². The molecule has 2 saturated heterocycles. The largest absolute Gasteiger partial charge is 0.454 e. The highest BCUT2D eigenvalue weighted by molar-refractivity contribution is 5.69. The van der Waals surface area contributed by atoms with Crippen LogP contribution in [0.3, 0.4) is 0 Å². The minimum absolute atomic E-state index is 0.0360.